The largest absolute Gasteiger partial charge is 0.497 e. The van der Waals surface area contributed by atoms with Crippen LogP contribution in [0, 0.1) is 17.8 Å². The number of methoxy groups -OCH3 is 1. The molecule has 2 bridgehead atoms. The van der Waals surface area contributed by atoms with Crippen LogP contribution in [0.25, 0.3) is 0 Å². The van der Waals surface area contributed by atoms with Crippen LogP contribution >= 0.6 is 0 Å². The average Bonchev–Trinajstić information content (AvgIpc) is 3.53. The first-order valence-corrected chi connectivity index (χ1v) is 11.3. The summed E-state index contributed by atoms with van der Waals surface area (Å²) in [6, 6.07) is 8.39. The van der Waals surface area contributed by atoms with Gasteiger partial charge in [0.15, 0.2) is 5.96 Å². The summed E-state index contributed by atoms with van der Waals surface area (Å²) in [5.41, 5.74) is 1.26. The lowest BCUT2D eigenvalue weighted by atomic mass is 9.82. The van der Waals surface area contributed by atoms with Crippen molar-refractivity contribution in [3.05, 3.63) is 24.3 Å². The molecule has 1 aromatic carbocycles. The molecule has 4 aliphatic heterocycles. The van der Waals surface area contributed by atoms with Crippen LogP contribution in [-0.4, -0.2) is 69.4 Å². The van der Waals surface area contributed by atoms with Crippen LogP contribution < -0.4 is 15.0 Å². The Balaban J connectivity index is 1.20. The van der Waals surface area contributed by atoms with Gasteiger partial charge in [-0.05, 0) is 44.2 Å². The number of ether oxygens (including phenoxy) is 2. The molecule has 0 aromatic heterocycles. The second-order valence-electron chi connectivity index (χ2n) is 9.02. The van der Waals surface area contributed by atoms with Crippen LogP contribution in [0.15, 0.2) is 29.3 Å². The fraction of sp³-hybridized carbons (Fsp3) is 0.696. The molecule has 29 heavy (non-hydrogen) atoms. The normalized spacial score (nSPS) is 33.4. The fourth-order valence-corrected chi connectivity index (χ4v) is 5.80. The third-order valence-electron chi connectivity index (χ3n) is 7.29. The van der Waals surface area contributed by atoms with E-state index >= 15 is 0 Å². The lowest BCUT2D eigenvalue weighted by Gasteiger charge is -2.24. The maximum Gasteiger partial charge on any atom is 0.193 e. The first-order chi connectivity index (χ1) is 14.2. The van der Waals surface area contributed by atoms with Gasteiger partial charge in [-0.25, -0.2) is 0 Å². The summed E-state index contributed by atoms with van der Waals surface area (Å²) in [6.45, 7) is 8.38. The zero-order chi connectivity index (χ0) is 19.8. The van der Waals surface area contributed by atoms with Gasteiger partial charge < -0.3 is 24.6 Å². The van der Waals surface area contributed by atoms with Crippen molar-refractivity contribution in [1.29, 1.82) is 0 Å². The van der Waals surface area contributed by atoms with Crippen molar-refractivity contribution < 1.29 is 9.47 Å². The quantitative estimate of drug-likeness (QED) is 0.610. The van der Waals surface area contributed by atoms with Gasteiger partial charge in [-0.2, -0.15) is 0 Å². The summed E-state index contributed by atoms with van der Waals surface area (Å²) in [5, 5.41) is 3.55. The second kappa shape index (κ2) is 8.05. The molecular formula is C23H34N4O2. The molecule has 0 radical (unpaired) electrons. The van der Waals surface area contributed by atoms with E-state index in [9.17, 15) is 0 Å². The van der Waals surface area contributed by atoms with Crippen molar-refractivity contribution in [3.63, 3.8) is 0 Å². The van der Waals surface area contributed by atoms with E-state index in [-0.39, 0.29) is 0 Å². The van der Waals surface area contributed by atoms with Crippen molar-refractivity contribution in [2.45, 2.75) is 38.4 Å². The first kappa shape index (κ1) is 19.0. The van der Waals surface area contributed by atoms with Gasteiger partial charge in [0.05, 0.1) is 19.3 Å². The highest BCUT2D eigenvalue weighted by Crippen LogP contribution is 2.47. The van der Waals surface area contributed by atoms with Crippen LogP contribution in [0.3, 0.4) is 0 Å². The lowest BCUT2D eigenvalue weighted by molar-refractivity contribution is 0.0767. The van der Waals surface area contributed by atoms with Crippen molar-refractivity contribution in [1.82, 2.24) is 10.2 Å². The van der Waals surface area contributed by atoms with Crippen LogP contribution in [-0.2, 0) is 4.74 Å². The molecule has 1 aromatic rings. The smallest absolute Gasteiger partial charge is 0.193 e. The number of hydrogen-bond donors (Lipinski definition) is 1. The molecule has 4 aliphatic rings. The zero-order valence-corrected chi connectivity index (χ0v) is 17.7. The van der Waals surface area contributed by atoms with Gasteiger partial charge in [0.1, 0.15) is 5.75 Å². The van der Waals surface area contributed by atoms with E-state index in [1.807, 2.05) is 6.07 Å². The molecule has 4 saturated heterocycles. The third kappa shape index (κ3) is 3.67. The number of hydrogen-bond acceptors (Lipinski definition) is 4. The molecular weight excluding hydrogens is 364 g/mol. The topological polar surface area (TPSA) is 49.3 Å². The number of rotatable bonds is 5. The minimum atomic E-state index is 0.504. The van der Waals surface area contributed by atoms with E-state index in [0.29, 0.717) is 30.0 Å². The van der Waals surface area contributed by atoms with Crippen molar-refractivity contribution in [2.24, 2.45) is 22.7 Å². The number of anilines is 1. The van der Waals surface area contributed by atoms with Gasteiger partial charge in [-0.1, -0.05) is 6.07 Å². The number of likely N-dealkylation sites (tertiary alicyclic amines) is 1. The molecule has 5 atom stereocenters. The van der Waals surface area contributed by atoms with Crippen LogP contribution in [0.1, 0.15) is 26.2 Å². The Morgan fingerprint density at radius 1 is 1.17 bits per heavy atom. The van der Waals surface area contributed by atoms with E-state index in [4.69, 9.17) is 14.5 Å². The summed E-state index contributed by atoms with van der Waals surface area (Å²) in [5.74, 6) is 4.08. The number of nitrogens with zero attached hydrogens (tertiary/aromatic N) is 3. The molecule has 5 rings (SSSR count). The molecule has 158 valence electrons. The molecule has 6 nitrogen and oxygen atoms in total. The highest BCUT2D eigenvalue weighted by atomic mass is 16.5. The Morgan fingerprint density at radius 3 is 2.69 bits per heavy atom. The van der Waals surface area contributed by atoms with Gasteiger partial charge in [-0.15, -0.1) is 0 Å². The van der Waals surface area contributed by atoms with Gasteiger partial charge in [0.2, 0.25) is 0 Å². The Bertz CT molecular complexity index is 736. The Morgan fingerprint density at radius 2 is 1.97 bits per heavy atom. The predicted molar refractivity (Wildman–Crippen MR) is 116 cm³/mol. The van der Waals surface area contributed by atoms with E-state index < -0.39 is 0 Å². The minimum absolute atomic E-state index is 0.504. The summed E-state index contributed by atoms with van der Waals surface area (Å²) in [4.78, 5) is 10.0. The second-order valence-corrected chi connectivity index (χ2v) is 9.02. The fourth-order valence-electron chi connectivity index (χ4n) is 5.80. The van der Waals surface area contributed by atoms with Gasteiger partial charge in [-0.3, -0.25) is 4.99 Å². The molecule has 0 spiro atoms. The maximum absolute atomic E-state index is 6.14. The monoisotopic (exact) mass is 398 g/mol. The summed E-state index contributed by atoms with van der Waals surface area (Å²) < 4.78 is 11.5. The van der Waals surface area contributed by atoms with E-state index in [1.165, 1.54) is 24.9 Å². The van der Waals surface area contributed by atoms with Crippen LogP contribution in [0.5, 0.6) is 5.75 Å². The van der Waals surface area contributed by atoms with E-state index in [1.54, 1.807) is 7.11 Å². The predicted octanol–water partition coefficient (Wildman–Crippen LogP) is 2.60. The molecule has 4 fully saturated rings. The molecule has 0 saturated carbocycles. The number of aliphatic imine (C=N–C) groups is 1. The van der Waals surface area contributed by atoms with Crippen LogP contribution in [0.2, 0.25) is 0 Å². The molecule has 4 heterocycles. The number of guanidine groups is 1. The SMILES string of the molecule is CCNC(=NCC1CCN(c2cccc(OC)c2)C1)N1CC2C3CCC(O3)C2C1. The summed E-state index contributed by atoms with van der Waals surface area (Å²) in [7, 11) is 1.73. The summed E-state index contributed by atoms with van der Waals surface area (Å²) >= 11 is 0. The molecule has 1 N–H and O–H groups in total. The van der Waals surface area contributed by atoms with E-state index in [0.717, 1.165) is 51.0 Å². The first-order valence-electron chi connectivity index (χ1n) is 11.3. The van der Waals surface area contributed by atoms with Crippen molar-refractivity contribution >= 4 is 11.6 Å². The summed E-state index contributed by atoms with van der Waals surface area (Å²) in [6.07, 6.45) is 4.72. The molecule has 5 unspecified atom stereocenters. The number of benzene rings is 1. The van der Waals surface area contributed by atoms with Gasteiger partial charge in [0, 0.05) is 62.9 Å². The average molecular weight is 399 g/mol. The van der Waals surface area contributed by atoms with Gasteiger partial charge >= 0.3 is 0 Å². The third-order valence-corrected chi connectivity index (χ3v) is 7.29. The highest BCUT2D eigenvalue weighted by Gasteiger charge is 2.53. The lowest BCUT2D eigenvalue weighted by Crippen LogP contribution is -2.41. The zero-order valence-electron chi connectivity index (χ0n) is 17.7. The van der Waals surface area contributed by atoms with Gasteiger partial charge in [0.25, 0.3) is 0 Å². The standard InChI is InChI=1S/C23H34N4O2/c1-3-24-23(27-14-19-20(15-27)22-8-7-21(19)29-22)25-12-16-9-10-26(13-16)17-5-4-6-18(11-17)28-2/h4-6,11,16,19-22H,3,7-10,12-15H2,1-2H3,(H,24,25). The van der Waals surface area contributed by atoms with Crippen molar-refractivity contribution in [3.8, 4) is 5.75 Å². The Kier molecular flexibility index (Phi) is 5.29. The van der Waals surface area contributed by atoms with Crippen LogP contribution in [0.4, 0.5) is 5.69 Å². The van der Waals surface area contributed by atoms with Crippen molar-refractivity contribution in [2.75, 3.05) is 51.3 Å². The Hall–Kier alpha value is -1.95. The minimum Gasteiger partial charge on any atom is -0.497 e. The molecule has 0 aliphatic carbocycles. The molecule has 6 heteroatoms. The Labute approximate surface area is 174 Å². The number of fused-ring (bicyclic) bond motifs is 5. The molecule has 0 amide bonds. The number of nitrogens with one attached hydrogen (secondary N) is 1. The highest BCUT2D eigenvalue weighted by molar-refractivity contribution is 5.80. The maximum atomic E-state index is 6.14. The van der Waals surface area contributed by atoms with E-state index in [2.05, 4.69) is 40.2 Å².